The van der Waals surface area contributed by atoms with Crippen molar-refractivity contribution >= 4 is 11.7 Å². The molecule has 0 saturated carbocycles. The monoisotopic (exact) mass is 463 g/mol. The third-order valence-electron chi connectivity index (χ3n) is 5.43. The molecular formula is C24H24F3NO5. The molecule has 6 nitrogen and oxygen atoms in total. The van der Waals surface area contributed by atoms with Gasteiger partial charge in [0.15, 0.2) is 17.3 Å². The molecule has 1 heterocycles. The number of allylic oxidation sites excluding steroid dienone is 4. The lowest BCUT2D eigenvalue weighted by Gasteiger charge is -2.32. The van der Waals surface area contributed by atoms with Crippen molar-refractivity contribution in [3.8, 4) is 17.2 Å². The molecule has 1 aliphatic carbocycles. The summed E-state index contributed by atoms with van der Waals surface area (Å²) in [6, 6.07) is 1.54. The molecule has 176 valence electrons. The van der Waals surface area contributed by atoms with Crippen LogP contribution in [0, 0.1) is 0 Å². The number of carbonyl (C=O) groups excluding carboxylic acids is 2. The van der Waals surface area contributed by atoms with Crippen LogP contribution in [0.3, 0.4) is 0 Å². The predicted octanol–water partition coefficient (Wildman–Crippen LogP) is 4.05. The van der Waals surface area contributed by atoms with Crippen molar-refractivity contribution in [1.29, 1.82) is 0 Å². The Morgan fingerprint density at radius 2 is 1.79 bits per heavy atom. The average molecular weight is 463 g/mol. The van der Waals surface area contributed by atoms with Gasteiger partial charge in [-0.2, -0.15) is 13.2 Å². The van der Waals surface area contributed by atoms with Gasteiger partial charge in [0.25, 0.3) is 0 Å². The molecule has 1 spiro atoms. The zero-order chi connectivity index (χ0) is 24.2. The van der Waals surface area contributed by atoms with Crippen LogP contribution in [-0.4, -0.2) is 49.6 Å². The van der Waals surface area contributed by atoms with E-state index >= 15 is 0 Å². The van der Waals surface area contributed by atoms with Gasteiger partial charge in [0.2, 0.25) is 5.75 Å². The van der Waals surface area contributed by atoms with Gasteiger partial charge >= 0.3 is 12.1 Å². The molecule has 1 aliphatic heterocycles. The summed E-state index contributed by atoms with van der Waals surface area (Å²) in [5.41, 5.74) is -0.109. The number of ketones is 1. The molecule has 0 N–H and O–H groups in total. The highest BCUT2D eigenvalue weighted by atomic mass is 19.4. The number of rotatable bonds is 7. The quantitative estimate of drug-likeness (QED) is 0.571. The van der Waals surface area contributed by atoms with Gasteiger partial charge in [0, 0.05) is 24.1 Å². The number of hydrogen-bond acceptors (Lipinski definition) is 5. The first-order valence-corrected chi connectivity index (χ1v) is 10.2. The van der Waals surface area contributed by atoms with E-state index in [0.29, 0.717) is 11.1 Å². The lowest BCUT2D eigenvalue weighted by atomic mass is 9.73. The first-order valence-electron chi connectivity index (χ1n) is 10.2. The summed E-state index contributed by atoms with van der Waals surface area (Å²) >= 11 is 0. The Labute approximate surface area is 189 Å². The number of methoxy groups -OCH3 is 1. The Kier molecular flexibility index (Phi) is 7.00. The Bertz CT molecular complexity index is 1010. The Balaban J connectivity index is 2.29. The Hall–Kier alpha value is -3.49. The van der Waals surface area contributed by atoms with E-state index in [0.717, 1.165) is 4.90 Å². The topological polar surface area (TPSA) is 65.1 Å². The summed E-state index contributed by atoms with van der Waals surface area (Å²) in [5, 5.41) is 0. The number of carbonyl (C=O) groups is 2. The summed E-state index contributed by atoms with van der Waals surface area (Å²) < 4.78 is 57.1. The third kappa shape index (κ3) is 4.81. The van der Waals surface area contributed by atoms with Crippen LogP contribution in [0.15, 0.2) is 55.7 Å². The predicted molar refractivity (Wildman–Crippen MR) is 115 cm³/mol. The summed E-state index contributed by atoms with van der Waals surface area (Å²) in [7, 11) is 1.42. The molecule has 0 atom stereocenters. The van der Waals surface area contributed by atoms with Gasteiger partial charge in [-0.05, 0) is 30.2 Å². The van der Waals surface area contributed by atoms with Gasteiger partial charge in [-0.15, -0.1) is 0 Å². The van der Waals surface area contributed by atoms with Crippen molar-refractivity contribution in [2.75, 3.05) is 26.9 Å². The number of benzene rings is 1. The Morgan fingerprint density at radius 3 is 2.36 bits per heavy atom. The molecule has 9 heteroatoms. The fourth-order valence-electron chi connectivity index (χ4n) is 4.02. The van der Waals surface area contributed by atoms with Crippen LogP contribution in [0.1, 0.15) is 17.5 Å². The van der Waals surface area contributed by atoms with Gasteiger partial charge in [-0.1, -0.05) is 37.5 Å². The summed E-state index contributed by atoms with van der Waals surface area (Å²) in [6.07, 6.45) is 4.07. The molecule has 0 saturated heterocycles. The molecule has 3 rings (SSSR count). The zero-order valence-electron chi connectivity index (χ0n) is 18.1. The van der Waals surface area contributed by atoms with E-state index in [1.54, 1.807) is 18.2 Å². The first-order chi connectivity index (χ1) is 15.7. The van der Waals surface area contributed by atoms with Crippen molar-refractivity contribution in [3.05, 3.63) is 66.8 Å². The largest absolute Gasteiger partial charge is 0.490 e. The van der Waals surface area contributed by atoms with E-state index in [9.17, 15) is 22.8 Å². The standard InChI is InChI=1S/C24H24F3NO5/c1-4-12-32-18-14-16-15-28(22(30)24(25,26)27)11-10-23(8-6-17(29)7-9-23)19(16)21(20(18)31-3)33-13-5-2/h4-9,14H,1-2,10-13,15H2,3H3. The minimum Gasteiger partial charge on any atom is -0.490 e. The van der Waals surface area contributed by atoms with Crippen LogP contribution in [0.4, 0.5) is 13.2 Å². The van der Waals surface area contributed by atoms with E-state index in [2.05, 4.69) is 13.2 Å². The summed E-state index contributed by atoms with van der Waals surface area (Å²) in [5.74, 6) is -1.47. The zero-order valence-corrected chi connectivity index (χ0v) is 18.1. The maximum atomic E-state index is 13.3. The number of amides is 1. The second kappa shape index (κ2) is 9.56. The number of fused-ring (bicyclic) bond motifs is 2. The molecule has 1 aromatic rings. The van der Waals surface area contributed by atoms with Gasteiger partial charge in [0.05, 0.1) is 7.11 Å². The SMILES string of the molecule is C=CCOc1cc2c(c(OCC=C)c1OC)C1(C=CC(=O)C=C1)CCN(C(=O)C(F)(F)F)C2. The van der Waals surface area contributed by atoms with Crippen molar-refractivity contribution in [2.45, 2.75) is 24.6 Å². The van der Waals surface area contributed by atoms with E-state index in [4.69, 9.17) is 14.2 Å². The second-order valence-electron chi connectivity index (χ2n) is 7.55. The summed E-state index contributed by atoms with van der Waals surface area (Å²) in [6.45, 7) is 6.93. The van der Waals surface area contributed by atoms with Crippen molar-refractivity contribution in [1.82, 2.24) is 4.90 Å². The molecular weight excluding hydrogens is 439 g/mol. The Morgan fingerprint density at radius 1 is 1.15 bits per heavy atom. The lowest BCUT2D eigenvalue weighted by molar-refractivity contribution is -0.186. The van der Waals surface area contributed by atoms with Crippen LogP contribution in [-0.2, 0) is 21.5 Å². The maximum absolute atomic E-state index is 13.3. The lowest BCUT2D eigenvalue weighted by Crippen LogP contribution is -2.41. The van der Waals surface area contributed by atoms with Crippen molar-refractivity contribution in [2.24, 2.45) is 0 Å². The van der Waals surface area contributed by atoms with Gasteiger partial charge in [0.1, 0.15) is 13.2 Å². The number of alkyl halides is 3. The molecule has 2 aliphatic rings. The van der Waals surface area contributed by atoms with Crippen LogP contribution >= 0.6 is 0 Å². The van der Waals surface area contributed by atoms with Crippen LogP contribution in [0.2, 0.25) is 0 Å². The van der Waals surface area contributed by atoms with E-state index in [1.807, 2.05) is 0 Å². The van der Waals surface area contributed by atoms with Crippen molar-refractivity contribution in [3.63, 3.8) is 0 Å². The third-order valence-corrected chi connectivity index (χ3v) is 5.43. The smallest absolute Gasteiger partial charge is 0.471 e. The fourth-order valence-corrected chi connectivity index (χ4v) is 4.02. The number of nitrogens with zero attached hydrogens (tertiary/aromatic N) is 1. The normalized spacial score (nSPS) is 16.7. The highest BCUT2D eigenvalue weighted by Gasteiger charge is 2.46. The fraction of sp³-hybridized carbons (Fsp3) is 0.333. The molecule has 1 aromatic carbocycles. The van der Waals surface area contributed by atoms with E-state index in [-0.39, 0.29) is 55.8 Å². The van der Waals surface area contributed by atoms with Crippen LogP contribution in [0.25, 0.3) is 0 Å². The first kappa shape index (κ1) is 24.2. The minimum absolute atomic E-state index is 0.0847. The maximum Gasteiger partial charge on any atom is 0.471 e. The van der Waals surface area contributed by atoms with Crippen LogP contribution < -0.4 is 14.2 Å². The average Bonchev–Trinajstić information content (AvgIpc) is 2.93. The molecule has 0 radical (unpaired) electrons. The van der Waals surface area contributed by atoms with Gasteiger partial charge in [-0.25, -0.2) is 0 Å². The van der Waals surface area contributed by atoms with E-state index < -0.39 is 17.5 Å². The van der Waals surface area contributed by atoms with Gasteiger partial charge in [-0.3, -0.25) is 9.59 Å². The molecule has 0 fully saturated rings. The number of ether oxygens (including phenoxy) is 3. The molecule has 0 bridgehead atoms. The van der Waals surface area contributed by atoms with Crippen molar-refractivity contribution < 1.29 is 37.0 Å². The highest BCUT2D eigenvalue weighted by molar-refractivity contribution is 6.01. The molecule has 0 aromatic heterocycles. The van der Waals surface area contributed by atoms with Gasteiger partial charge < -0.3 is 19.1 Å². The van der Waals surface area contributed by atoms with Crippen LogP contribution in [0.5, 0.6) is 17.2 Å². The number of halogens is 3. The molecule has 0 unspecified atom stereocenters. The molecule has 1 amide bonds. The molecule has 33 heavy (non-hydrogen) atoms. The summed E-state index contributed by atoms with van der Waals surface area (Å²) in [4.78, 5) is 24.7. The number of hydrogen-bond donors (Lipinski definition) is 0. The highest BCUT2D eigenvalue weighted by Crippen LogP contribution is 2.51. The minimum atomic E-state index is -5.03. The van der Waals surface area contributed by atoms with E-state index in [1.165, 1.54) is 31.4 Å². The second-order valence-corrected chi connectivity index (χ2v) is 7.55.